The lowest BCUT2D eigenvalue weighted by Crippen LogP contribution is -2.02. The summed E-state index contributed by atoms with van der Waals surface area (Å²) in [6, 6.07) is 30.4. The molecule has 5 nitrogen and oxygen atoms in total. The van der Waals surface area contributed by atoms with E-state index < -0.39 is 0 Å². The highest BCUT2D eigenvalue weighted by molar-refractivity contribution is 14.1. The second kappa shape index (κ2) is 13.4. The molecule has 0 aliphatic heterocycles. The third-order valence-corrected chi connectivity index (χ3v) is 7.94. The zero-order valence-corrected chi connectivity index (χ0v) is 27.2. The number of hydrogen-bond acceptors (Lipinski definition) is 5. The van der Waals surface area contributed by atoms with E-state index in [-0.39, 0.29) is 5.88 Å². The number of nitrogens with zero attached hydrogens (tertiary/aromatic N) is 2. The van der Waals surface area contributed by atoms with E-state index in [0.717, 1.165) is 47.0 Å². The fourth-order valence-corrected chi connectivity index (χ4v) is 5.50. The SMILES string of the molecule is CCOc1cc(C=Nc2oc(-c3ccc(C)cc3)c(-c3ccc(C)cc3)c2C#N)cc(I)c1OCc1ccc(Br)cc1. The lowest BCUT2D eigenvalue weighted by atomic mass is 9.97. The van der Waals surface area contributed by atoms with Crippen LogP contribution in [0.3, 0.4) is 0 Å². The predicted octanol–water partition coefficient (Wildman–Crippen LogP) is 10.2. The molecule has 5 rings (SSSR count). The number of nitriles is 1. The lowest BCUT2D eigenvalue weighted by molar-refractivity contribution is 0.267. The van der Waals surface area contributed by atoms with Crippen LogP contribution in [0.2, 0.25) is 0 Å². The molecule has 0 N–H and O–H groups in total. The Morgan fingerprint density at radius 3 is 2.17 bits per heavy atom. The number of benzene rings is 4. The first-order chi connectivity index (χ1) is 20.4. The molecule has 0 fully saturated rings. The summed E-state index contributed by atoms with van der Waals surface area (Å²) in [5.74, 6) is 2.18. The van der Waals surface area contributed by atoms with Crippen molar-refractivity contribution in [3.8, 4) is 40.0 Å². The minimum absolute atomic E-state index is 0.257. The quantitative estimate of drug-likeness (QED) is 0.112. The summed E-state index contributed by atoms with van der Waals surface area (Å²) in [7, 11) is 0. The van der Waals surface area contributed by atoms with Crippen molar-refractivity contribution >= 4 is 50.6 Å². The normalized spacial score (nSPS) is 11.0. The molecule has 4 aromatic carbocycles. The van der Waals surface area contributed by atoms with Gasteiger partial charge in [-0.25, -0.2) is 4.99 Å². The highest BCUT2D eigenvalue weighted by atomic mass is 127. The van der Waals surface area contributed by atoms with Crippen molar-refractivity contribution in [2.24, 2.45) is 4.99 Å². The minimum Gasteiger partial charge on any atom is -0.490 e. The number of rotatable bonds is 9. The van der Waals surface area contributed by atoms with E-state index in [1.165, 1.54) is 0 Å². The molecule has 0 bridgehead atoms. The molecule has 0 amide bonds. The van der Waals surface area contributed by atoms with E-state index >= 15 is 0 Å². The fraction of sp³-hybridized carbons (Fsp3) is 0.143. The molecule has 210 valence electrons. The number of ether oxygens (including phenoxy) is 2. The predicted molar refractivity (Wildman–Crippen MR) is 180 cm³/mol. The summed E-state index contributed by atoms with van der Waals surface area (Å²) in [5.41, 5.74) is 7.04. The smallest absolute Gasteiger partial charge is 0.238 e. The Labute approximate surface area is 268 Å². The van der Waals surface area contributed by atoms with Gasteiger partial charge in [-0.3, -0.25) is 0 Å². The summed E-state index contributed by atoms with van der Waals surface area (Å²) >= 11 is 5.72. The Bertz CT molecular complexity index is 1770. The summed E-state index contributed by atoms with van der Waals surface area (Å²) in [6.07, 6.45) is 1.70. The van der Waals surface area contributed by atoms with Crippen molar-refractivity contribution in [2.45, 2.75) is 27.4 Å². The second-order valence-corrected chi connectivity index (χ2v) is 11.8. The lowest BCUT2D eigenvalue weighted by Gasteiger charge is -2.14. The first kappa shape index (κ1) is 29.6. The van der Waals surface area contributed by atoms with Crippen LogP contribution >= 0.6 is 38.5 Å². The Morgan fingerprint density at radius 2 is 1.55 bits per heavy atom. The van der Waals surface area contributed by atoms with Gasteiger partial charge in [-0.15, -0.1) is 0 Å². The Morgan fingerprint density at radius 1 is 0.905 bits per heavy atom. The summed E-state index contributed by atoms with van der Waals surface area (Å²) in [6.45, 7) is 6.92. The first-order valence-electron chi connectivity index (χ1n) is 13.4. The maximum atomic E-state index is 10.3. The summed E-state index contributed by atoms with van der Waals surface area (Å²) in [5, 5.41) is 10.3. The van der Waals surface area contributed by atoms with Gasteiger partial charge in [0.1, 0.15) is 24.0 Å². The molecule has 0 atom stereocenters. The van der Waals surface area contributed by atoms with Gasteiger partial charge in [0, 0.05) is 21.8 Å². The molecular weight excluding hydrogens is 703 g/mol. The maximum absolute atomic E-state index is 10.3. The van der Waals surface area contributed by atoms with Crippen LogP contribution in [0, 0.1) is 28.7 Å². The molecule has 0 unspecified atom stereocenters. The molecule has 0 saturated carbocycles. The fourth-order valence-electron chi connectivity index (χ4n) is 4.45. The number of halogens is 2. The van der Waals surface area contributed by atoms with Crippen LogP contribution in [0.25, 0.3) is 22.5 Å². The van der Waals surface area contributed by atoms with E-state index in [1.54, 1.807) is 6.21 Å². The van der Waals surface area contributed by atoms with E-state index in [9.17, 15) is 5.26 Å². The van der Waals surface area contributed by atoms with Crippen molar-refractivity contribution in [3.05, 3.63) is 121 Å². The highest BCUT2D eigenvalue weighted by Gasteiger charge is 2.23. The summed E-state index contributed by atoms with van der Waals surface area (Å²) < 4.78 is 20.3. The number of aryl methyl sites for hydroxylation is 2. The van der Waals surface area contributed by atoms with Gasteiger partial charge in [-0.2, -0.15) is 5.26 Å². The number of hydrogen-bond donors (Lipinski definition) is 0. The van der Waals surface area contributed by atoms with Gasteiger partial charge < -0.3 is 13.9 Å². The largest absolute Gasteiger partial charge is 0.490 e. The maximum Gasteiger partial charge on any atom is 0.238 e. The average Bonchev–Trinajstić information content (AvgIpc) is 3.36. The molecule has 1 heterocycles. The van der Waals surface area contributed by atoms with Crippen molar-refractivity contribution in [3.63, 3.8) is 0 Å². The average molecular weight is 731 g/mol. The molecule has 0 spiro atoms. The van der Waals surface area contributed by atoms with E-state index in [0.29, 0.717) is 36.0 Å². The zero-order chi connectivity index (χ0) is 29.6. The minimum atomic E-state index is 0.257. The van der Waals surface area contributed by atoms with Crippen LogP contribution in [0.15, 0.2) is 98.8 Å². The van der Waals surface area contributed by atoms with Gasteiger partial charge in [0.15, 0.2) is 11.5 Å². The van der Waals surface area contributed by atoms with Crippen molar-refractivity contribution < 1.29 is 13.9 Å². The molecular formula is C35H28BrIN2O3. The van der Waals surface area contributed by atoms with Crippen LogP contribution in [0.4, 0.5) is 5.88 Å². The summed E-state index contributed by atoms with van der Waals surface area (Å²) in [4.78, 5) is 4.67. The Balaban J connectivity index is 1.52. The van der Waals surface area contributed by atoms with E-state index in [1.807, 2.05) is 106 Å². The van der Waals surface area contributed by atoms with Gasteiger partial charge in [0.05, 0.1) is 10.2 Å². The molecule has 5 aromatic rings. The Kier molecular flexibility index (Phi) is 9.45. The monoisotopic (exact) mass is 730 g/mol. The van der Waals surface area contributed by atoms with Gasteiger partial charge in [0.2, 0.25) is 5.88 Å². The molecule has 7 heteroatoms. The van der Waals surface area contributed by atoms with E-state index in [4.69, 9.17) is 13.9 Å². The third kappa shape index (κ3) is 6.77. The third-order valence-electron chi connectivity index (χ3n) is 6.61. The van der Waals surface area contributed by atoms with Crippen LogP contribution in [0.1, 0.15) is 34.7 Å². The molecule has 1 aromatic heterocycles. The van der Waals surface area contributed by atoms with Crippen LogP contribution in [-0.4, -0.2) is 12.8 Å². The molecule has 0 radical (unpaired) electrons. The van der Waals surface area contributed by atoms with Crippen LogP contribution in [-0.2, 0) is 6.61 Å². The van der Waals surface area contributed by atoms with Crippen molar-refractivity contribution in [1.82, 2.24) is 0 Å². The number of aliphatic imine (C=N–C) groups is 1. The van der Waals surface area contributed by atoms with Gasteiger partial charge in [-0.05, 0) is 84.3 Å². The van der Waals surface area contributed by atoms with Crippen molar-refractivity contribution in [1.29, 1.82) is 5.26 Å². The second-order valence-electron chi connectivity index (χ2n) is 9.77. The van der Waals surface area contributed by atoms with Crippen LogP contribution in [0.5, 0.6) is 11.5 Å². The highest BCUT2D eigenvalue weighted by Crippen LogP contribution is 2.43. The standard InChI is InChI=1S/C35H28BrIN2O3/c1-4-40-31-18-25(17-30(37)34(31)41-21-24-9-15-28(36)16-10-24)20-39-35-29(19-38)32(26-11-5-22(2)6-12-26)33(42-35)27-13-7-23(3)8-14-27/h5-18,20H,4,21H2,1-3H3. The van der Waals surface area contributed by atoms with Gasteiger partial charge in [-0.1, -0.05) is 87.7 Å². The zero-order valence-electron chi connectivity index (χ0n) is 23.4. The van der Waals surface area contributed by atoms with Crippen molar-refractivity contribution in [2.75, 3.05) is 6.61 Å². The number of furan rings is 1. The topological polar surface area (TPSA) is 67.8 Å². The van der Waals surface area contributed by atoms with Crippen LogP contribution < -0.4 is 9.47 Å². The van der Waals surface area contributed by atoms with E-state index in [2.05, 4.69) is 49.6 Å². The first-order valence-corrected chi connectivity index (χ1v) is 15.3. The molecule has 0 aliphatic carbocycles. The van der Waals surface area contributed by atoms with Gasteiger partial charge >= 0.3 is 0 Å². The molecule has 0 aliphatic rings. The molecule has 0 saturated heterocycles. The Hall–Kier alpha value is -3.87. The van der Waals surface area contributed by atoms with Gasteiger partial charge in [0.25, 0.3) is 0 Å². The molecule has 42 heavy (non-hydrogen) atoms.